The van der Waals surface area contributed by atoms with Crippen molar-refractivity contribution in [2.45, 2.75) is 18.9 Å². The Kier molecular flexibility index (Phi) is 5.38. The molecule has 20 heavy (non-hydrogen) atoms. The van der Waals surface area contributed by atoms with E-state index in [-0.39, 0.29) is 5.92 Å². The molecular weight excluding hydrogens is 382 g/mol. The summed E-state index contributed by atoms with van der Waals surface area (Å²) in [5.74, 6) is -0.139. The van der Waals surface area contributed by atoms with Crippen LogP contribution in [0.3, 0.4) is 0 Å². The van der Waals surface area contributed by atoms with Gasteiger partial charge in [-0.3, -0.25) is 0 Å². The first kappa shape index (κ1) is 15.7. The zero-order chi connectivity index (χ0) is 14.7. The molecule has 2 aromatic carbocycles. The summed E-state index contributed by atoms with van der Waals surface area (Å²) in [7, 11) is 0. The van der Waals surface area contributed by atoms with E-state index in [1.165, 1.54) is 0 Å². The standard InChI is InChI=1S/C16H17Br2NO/c1-10-6-7-11(8-15(10)18)16(20)13(9-19)12-4-2-3-5-14(12)17/h2-8,13,16,20H,9,19H2,1H3. The van der Waals surface area contributed by atoms with Gasteiger partial charge in [-0.25, -0.2) is 0 Å². The normalized spacial score (nSPS) is 14.1. The lowest BCUT2D eigenvalue weighted by molar-refractivity contribution is 0.147. The fraction of sp³-hybridized carbons (Fsp3) is 0.250. The Hall–Kier alpha value is -0.680. The molecule has 0 aromatic heterocycles. The van der Waals surface area contributed by atoms with E-state index in [4.69, 9.17) is 5.73 Å². The molecular formula is C16H17Br2NO. The van der Waals surface area contributed by atoms with Gasteiger partial charge in [0.2, 0.25) is 0 Å². The van der Waals surface area contributed by atoms with Crippen molar-refractivity contribution in [2.24, 2.45) is 5.73 Å². The first-order chi connectivity index (χ1) is 9.54. The number of aliphatic hydroxyl groups is 1. The molecule has 0 amide bonds. The number of aryl methyl sites for hydroxylation is 1. The lowest BCUT2D eigenvalue weighted by atomic mass is 9.89. The molecule has 3 N–H and O–H groups in total. The van der Waals surface area contributed by atoms with Crippen molar-refractivity contribution in [1.29, 1.82) is 0 Å². The fourth-order valence-corrected chi connectivity index (χ4v) is 3.20. The monoisotopic (exact) mass is 397 g/mol. The Morgan fingerprint density at radius 3 is 2.40 bits per heavy atom. The van der Waals surface area contributed by atoms with Gasteiger partial charge in [0.1, 0.15) is 0 Å². The average molecular weight is 399 g/mol. The molecule has 0 aliphatic rings. The van der Waals surface area contributed by atoms with Crippen LogP contribution in [0, 0.1) is 6.92 Å². The maximum absolute atomic E-state index is 10.7. The SMILES string of the molecule is Cc1ccc(C(O)C(CN)c2ccccc2Br)cc1Br. The highest BCUT2D eigenvalue weighted by molar-refractivity contribution is 9.10. The average Bonchev–Trinajstić information content (AvgIpc) is 2.44. The summed E-state index contributed by atoms with van der Waals surface area (Å²) in [5.41, 5.74) is 8.93. The molecule has 2 rings (SSSR count). The number of halogens is 2. The molecule has 0 saturated carbocycles. The molecule has 2 unspecified atom stereocenters. The summed E-state index contributed by atoms with van der Waals surface area (Å²) in [4.78, 5) is 0. The molecule has 2 nitrogen and oxygen atoms in total. The molecule has 0 heterocycles. The fourth-order valence-electron chi connectivity index (χ4n) is 2.23. The Balaban J connectivity index is 2.36. The highest BCUT2D eigenvalue weighted by atomic mass is 79.9. The van der Waals surface area contributed by atoms with Crippen LogP contribution in [0.5, 0.6) is 0 Å². The molecule has 4 heteroatoms. The molecule has 0 bridgehead atoms. The lowest BCUT2D eigenvalue weighted by Crippen LogP contribution is -2.20. The van der Waals surface area contributed by atoms with Gasteiger partial charge in [-0.2, -0.15) is 0 Å². The Morgan fingerprint density at radius 1 is 1.10 bits per heavy atom. The third kappa shape index (κ3) is 3.31. The number of aliphatic hydroxyl groups excluding tert-OH is 1. The van der Waals surface area contributed by atoms with E-state index in [2.05, 4.69) is 31.9 Å². The number of rotatable bonds is 4. The van der Waals surface area contributed by atoms with E-state index in [0.29, 0.717) is 6.54 Å². The Morgan fingerprint density at radius 2 is 1.80 bits per heavy atom. The maximum Gasteiger partial charge on any atom is 0.0871 e. The first-order valence-electron chi connectivity index (χ1n) is 6.43. The van der Waals surface area contributed by atoms with Gasteiger partial charge in [0.15, 0.2) is 0 Å². The summed E-state index contributed by atoms with van der Waals surface area (Å²) in [6, 6.07) is 13.8. The van der Waals surface area contributed by atoms with E-state index in [0.717, 1.165) is 25.6 Å². The van der Waals surface area contributed by atoms with Gasteiger partial charge in [-0.15, -0.1) is 0 Å². The Bertz CT molecular complexity index is 601. The first-order valence-corrected chi connectivity index (χ1v) is 8.01. The topological polar surface area (TPSA) is 46.2 Å². The van der Waals surface area contributed by atoms with Crippen LogP contribution in [-0.2, 0) is 0 Å². The van der Waals surface area contributed by atoms with Crippen molar-refractivity contribution >= 4 is 31.9 Å². The number of benzene rings is 2. The van der Waals surface area contributed by atoms with Gasteiger partial charge in [0.25, 0.3) is 0 Å². The van der Waals surface area contributed by atoms with Crippen molar-refractivity contribution in [3.63, 3.8) is 0 Å². The van der Waals surface area contributed by atoms with Crippen LogP contribution in [0.25, 0.3) is 0 Å². The third-order valence-corrected chi connectivity index (χ3v) is 5.05. The van der Waals surface area contributed by atoms with Crippen LogP contribution in [0.2, 0.25) is 0 Å². The van der Waals surface area contributed by atoms with E-state index in [9.17, 15) is 5.11 Å². The molecule has 0 saturated heterocycles. The minimum Gasteiger partial charge on any atom is -0.388 e. The third-order valence-electron chi connectivity index (χ3n) is 3.48. The van der Waals surface area contributed by atoms with Gasteiger partial charge >= 0.3 is 0 Å². The van der Waals surface area contributed by atoms with Gasteiger partial charge < -0.3 is 10.8 Å². The number of hydrogen-bond donors (Lipinski definition) is 2. The van der Waals surface area contributed by atoms with E-state index < -0.39 is 6.10 Å². The van der Waals surface area contributed by atoms with Crippen molar-refractivity contribution in [1.82, 2.24) is 0 Å². The molecule has 0 fully saturated rings. The molecule has 0 radical (unpaired) electrons. The van der Waals surface area contributed by atoms with Crippen molar-refractivity contribution < 1.29 is 5.11 Å². The smallest absolute Gasteiger partial charge is 0.0871 e. The molecule has 106 valence electrons. The Labute approximate surface area is 136 Å². The van der Waals surface area contributed by atoms with Gasteiger partial charge in [0.05, 0.1) is 6.10 Å². The quantitative estimate of drug-likeness (QED) is 0.806. The molecule has 2 atom stereocenters. The minimum atomic E-state index is -0.629. The highest BCUT2D eigenvalue weighted by Crippen LogP contribution is 2.35. The van der Waals surface area contributed by atoms with Crippen molar-refractivity contribution in [3.8, 4) is 0 Å². The van der Waals surface area contributed by atoms with E-state index in [1.54, 1.807) is 0 Å². The van der Waals surface area contributed by atoms with Crippen LogP contribution in [0.15, 0.2) is 51.4 Å². The molecule has 0 aliphatic carbocycles. The minimum absolute atomic E-state index is 0.139. The second-order valence-corrected chi connectivity index (χ2v) is 6.53. The summed E-state index contributed by atoms with van der Waals surface area (Å²) < 4.78 is 1.97. The molecule has 2 aromatic rings. The van der Waals surface area contributed by atoms with Crippen LogP contribution < -0.4 is 5.73 Å². The number of nitrogens with two attached hydrogens (primary N) is 1. The van der Waals surface area contributed by atoms with Crippen LogP contribution in [-0.4, -0.2) is 11.7 Å². The van der Waals surface area contributed by atoms with Crippen molar-refractivity contribution in [3.05, 3.63) is 68.1 Å². The highest BCUT2D eigenvalue weighted by Gasteiger charge is 2.23. The zero-order valence-corrected chi connectivity index (χ0v) is 14.4. The van der Waals surface area contributed by atoms with Crippen LogP contribution in [0.4, 0.5) is 0 Å². The second kappa shape index (κ2) is 6.85. The van der Waals surface area contributed by atoms with Gasteiger partial charge in [-0.05, 0) is 35.7 Å². The van der Waals surface area contributed by atoms with Crippen LogP contribution in [0.1, 0.15) is 28.7 Å². The summed E-state index contributed by atoms with van der Waals surface area (Å²) in [5, 5.41) is 10.7. The second-order valence-electron chi connectivity index (χ2n) is 4.82. The summed E-state index contributed by atoms with van der Waals surface area (Å²) >= 11 is 7.03. The largest absolute Gasteiger partial charge is 0.388 e. The van der Waals surface area contributed by atoms with Gasteiger partial charge in [-0.1, -0.05) is 62.2 Å². The van der Waals surface area contributed by atoms with E-state index >= 15 is 0 Å². The molecule has 0 spiro atoms. The number of hydrogen-bond acceptors (Lipinski definition) is 2. The van der Waals surface area contributed by atoms with Gasteiger partial charge in [0, 0.05) is 21.4 Å². The summed E-state index contributed by atoms with van der Waals surface area (Å²) in [6.07, 6.45) is -0.629. The van der Waals surface area contributed by atoms with E-state index in [1.807, 2.05) is 49.4 Å². The summed E-state index contributed by atoms with van der Waals surface area (Å²) in [6.45, 7) is 2.41. The lowest BCUT2D eigenvalue weighted by Gasteiger charge is -2.23. The predicted molar refractivity (Wildman–Crippen MR) is 89.8 cm³/mol. The zero-order valence-electron chi connectivity index (χ0n) is 11.2. The van der Waals surface area contributed by atoms with Crippen molar-refractivity contribution in [2.75, 3.05) is 6.54 Å². The predicted octanol–water partition coefficient (Wildman–Crippen LogP) is 4.30. The molecule has 0 aliphatic heterocycles. The van der Waals surface area contributed by atoms with Crippen LogP contribution >= 0.6 is 31.9 Å². The maximum atomic E-state index is 10.7.